The molecule has 2 aliphatic carbocycles. The fraction of sp³-hybridized carbons (Fsp3) is 0.600. The van der Waals surface area contributed by atoms with Gasteiger partial charge in [-0.15, -0.1) is 0 Å². The maximum absolute atomic E-state index is 12.8. The molecule has 24 heavy (non-hydrogen) atoms. The molecule has 1 N–H and O–H groups in total. The topological polar surface area (TPSA) is 46.2 Å². The summed E-state index contributed by atoms with van der Waals surface area (Å²) in [6.45, 7) is 2.12. The summed E-state index contributed by atoms with van der Waals surface area (Å²) in [4.78, 5) is 24.1. The number of fused-ring (bicyclic) bond motifs is 2. The van der Waals surface area contributed by atoms with Gasteiger partial charge >= 0.3 is 0 Å². The predicted molar refractivity (Wildman–Crippen MR) is 91.1 cm³/mol. The molecule has 0 aliphatic heterocycles. The minimum absolute atomic E-state index is 0.0380. The second-order valence-electron chi connectivity index (χ2n) is 7.48. The Balaban J connectivity index is 1.38. The molecule has 3 rings (SSSR count). The summed E-state index contributed by atoms with van der Waals surface area (Å²) in [6, 6.07) is 5.80. The molecule has 2 saturated carbocycles. The number of carbonyl (C=O) groups is 2. The first kappa shape index (κ1) is 17.1. The van der Waals surface area contributed by atoms with Crippen LogP contribution in [0.1, 0.15) is 62.2 Å². The molecule has 4 atom stereocenters. The van der Waals surface area contributed by atoms with Crippen LogP contribution in [0.25, 0.3) is 0 Å². The molecule has 130 valence electrons. The lowest BCUT2D eigenvalue weighted by atomic mass is 9.84. The number of benzene rings is 1. The lowest BCUT2D eigenvalue weighted by molar-refractivity contribution is -0.122. The summed E-state index contributed by atoms with van der Waals surface area (Å²) in [5.41, 5.74) is 0.507. The third-order valence-corrected chi connectivity index (χ3v) is 5.80. The molecule has 4 heteroatoms. The molecule has 0 aromatic heterocycles. The summed E-state index contributed by atoms with van der Waals surface area (Å²) in [5, 5.41) is 3.13. The Labute approximate surface area is 143 Å². The second kappa shape index (κ2) is 7.45. The number of Topliss-reactive ketones (excluding diaryl/α,β-unsaturated/α-hetero) is 1. The van der Waals surface area contributed by atoms with Crippen molar-refractivity contribution < 1.29 is 14.0 Å². The van der Waals surface area contributed by atoms with Crippen molar-refractivity contribution in [1.29, 1.82) is 0 Å². The van der Waals surface area contributed by atoms with Gasteiger partial charge in [0.1, 0.15) is 5.82 Å². The van der Waals surface area contributed by atoms with Gasteiger partial charge in [-0.2, -0.15) is 0 Å². The first-order chi connectivity index (χ1) is 11.5. The van der Waals surface area contributed by atoms with Crippen molar-refractivity contribution in [3.63, 3.8) is 0 Å². The van der Waals surface area contributed by atoms with Crippen LogP contribution in [-0.4, -0.2) is 17.7 Å². The molecule has 1 amide bonds. The highest BCUT2D eigenvalue weighted by Gasteiger charge is 2.42. The Bertz CT molecular complexity index is 598. The van der Waals surface area contributed by atoms with E-state index in [2.05, 4.69) is 12.2 Å². The monoisotopic (exact) mass is 331 g/mol. The first-order valence-corrected chi connectivity index (χ1v) is 9.11. The molecule has 0 radical (unpaired) electrons. The van der Waals surface area contributed by atoms with Crippen LogP contribution in [0.5, 0.6) is 0 Å². The van der Waals surface area contributed by atoms with E-state index < -0.39 is 0 Å². The van der Waals surface area contributed by atoms with Gasteiger partial charge in [0.05, 0.1) is 0 Å². The molecule has 0 spiro atoms. The number of ketones is 1. The lowest BCUT2D eigenvalue weighted by Crippen LogP contribution is -2.40. The summed E-state index contributed by atoms with van der Waals surface area (Å²) >= 11 is 0. The molecular formula is C20H26FNO2. The standard InChI is InChI=1S/C20H26FNO2/c1-13(18-12-14-5-6-16(18)11-14)22-20(24)4-2-3-19(23)15-7-9-17(21)10-8-15/h7-10,13-14,16,18H,2-6,11-12H2,1H3,(H,22,24)/t13-,14+,16+,18-/m1/s1. The number of hydrogen-bond donors (Lipinski definition) is 1. The number of nitrogens with one attached hydrogen (secondary N) is 1. The second-order valence-corrected chi connectivity index (χ2v) is 7.48. The zero-order chi connectivity index (χ0) is 17.1. The first-order valence-electron chi connectivity index (χ1n) is 9.11. The maximum Gasteiger partial charge on any atom is 0.220 e. The Morgan fingerprint density at radius 2 is 1.92 bits per heavy atom. The smallest absolute Gasteiger partial charge is 0.220 e. The van der Waals surface area contributed by atoms with Gasteiger partial charge in [0.15, 0.2) is 5.78 Å². The Hall–Kier alpha value is -1.71. The van der Waals surface area contributed by atoms with Gasteiger partial charge in [0.25, 0.3) is 0 Å². The molecule has 1 aromatic rings. The van der Waals surface area contributed by atoms with Crippen molar-refractivity contribution in [2.75, 3.05) is 0 Å². The van der Waals surface area contributed by atoms with Crippen molar-refractivity contribution in [1.82, 2.24) is 5.32 Å². The van der Waals surface area contributed by atoms with Crippen LogP contribution in [0.3, 0.4) is 0 Å². The van der Waals surface area contributed by atoms with Gasteiger partial charge in [-0.3, -0.25) is 9.59 Å². The van der Waals surface area contributed by atoms with E-state index in [9.17, 15) is 14.0 Å². The number of carbonyl (C=O) groups excluding carboxylic acids is 2. The third-order valence-electron chi connectivity index (χ3n) is 5.80. The summed E-state index contributed by atoms with van der Waals surface area (Å²) in [5.74, 6) is 1.97. The zero-order valence-electron chi connectivity index (χ0n) is 14.3. The molecule has 0 saturated heterocycles. The van der Waals surface area contributed by atoms with E-state index >= 15 is 0 Å². The van der Waals surface area contributed by atoms with Crippen molar-refractivity contribution in [3.8, 4) is 0 Å². The Morgan fingerprint density at radius 1 is 1.17 bits per heavy atom. The quantitative estimate of drug-likeness (QED) is 0.764. The number of hydrogen-bond acceptors (Lipinski definition) is 2. The molecule has 1 aromatic carbocycles. The van der Waals surface area contributed by atoms with Gasteiger partial charge < -0.3 is 5.32 Å². The van der Waals surface area contributed by atoms with Gasteiger partial charge in [0.2, 0.25) is 5.91 Å². The van der Waals surface area contributed by atoms with Gasteiger partial charge in [0, 0.05) is 24.4 Å². The number of amides is 1. The Morgan fingerprint density at radius 3 is 2.54 bits per heavy atom. The third kappa shape index (κ3) is 4.03. The zero-order valence-corrected chi connectivity index (χ0v) is 14.3. The molecule has 2 aliphatic rings. The highest BCUT2D eigenvalue weighted by Crippen LogP contribution is 2.49. The summed E-state index contributed by atoms with van der Waals surface area (Å²) in [7, 11) is 0. The average molecular weight is 331 g/mol. The minimum atomic E-state index is -0.347. The van der Waals surface area contributed by atoms with E-state index in [0.717, 1.165) is 11.8 Å². The van der Waals surface area contributed by atoms with E-state index in [1.165, 1.54) is 49.9 Å². The van der Waals surface area contributed by atoms with Crippen molar-refractivity contribution >= 4 is 11.7 Å². The van der Waals surface area contributed by atoms with Crippen LogP contribution in [0, 0.1) is 23.6 Å². The van der Waals surface area contributed by atoms with Crippen molar-refractivity contribution in [2.24, 2.45) is 17.8 Å². The molecule has 2 bridgehead atoms. The van der Waals surface area contributed by atoms with E-state index in [0.29, 0.717) is 30.7 Å². The van der Waals surface area contributed by atoms with Crippen LogP contribution in [0.2, 0.25) is 0 Å². The maximum atomic E-state index is 12.8. The molecule has 0 unspecified atom stereocenters. The highest BCUT2D eigenvalue weighted by atomic mass is 19.1. The Kier molecular flexibility index (Phi) is 5.32. The predicted octanol–water partition coefficient (Wildman–Crippen LogP) is 4.12. The minimum Gasteiger partial charge on any atom is -0.353 e. The van der Waals surface area contributed by atoms with Crippen LogP contribution >= 0.6 is 0 Å². The van der Waals surface area contributed by atoms with Crippen LogP contribution in [0.15, 0.2) is 24.3 Å². The van der Waals surface area contributed by atoms with Gasteiger partial charge in [-0.1, -0.05) is 6.42 Å². The van der Waals surface area contributed by atoms with Gasteiger partial charge in [-0.25, -0.2) is 4.39 Å². The van der Waals surface area contributed by atoms with E-state index in [-0.39, 0.29) is 23.5 Å². The fourth-order valence-corrected chi connectivity index (χ4v) is 4.53. The number of halogens is 1. The van der Waals surface area contributed by atoms with Crippen LogP contribution < -0.4 is 5.32 Å². The summed E-state index contributed by atoms with van der Waals surface area (Å²) in [6.07, 6.45) is 6.52. The number of rotatable bonds is 7. The normalized spacial score (nSPS) is 26.3. The molecule has 2 fully saturated rings. The van der Waals surface area contributed by atoms with Crippen molar-refractivity contribution in [3.05, 3.63) is 35.6 Å². The molecule has 0 heterocycles. The fourth-order valence-electron chi connectivity index (χ4n) is 4.53. The van der Waals surface area contributed by atoms with Crippen LogP contribution in [0.4, 0.5) is 4.39 Å². The SMILES string of the molecule is C[C@@H](NC(=O)CCCC(=O)c1ccc(F)cc1)[C@H]1C[C@H]2CC[C@H]1C2. The average Bonchev–Trinajstić information content (AvgIpc) is 3.18. The van der Waals surface area contributed by atoms with Crippen molar-refractivity contribution in [2.45, 2.75) is 57.9 Å². The van der Waals surface area contributed by atoms with E-state index in [4.69, 9.17) is 0 Å². The lowest BCUT2D eigenvalue weighted by Gasteiger charge is -2.28. The highest BCUT2D eigenvalue weighted by molar-refractivity contribution is 5.96. The van der Waals surface area contributed by atoms with E-state index in [1.807, 2.05) is 0 Å². The molecular weight excluding hydrogens is 305 g/mol. The van der Waals surface area contributed by atoms with E-state index in [1.54, 1.807) is 0 Å². The van der Waals surface area contributed by atoms with Gasteiger partial charge in [-0.05, 0) is 74.6 Å². The van der Waals surface area contributed by atoms with Crippen LogP contribution in [-0.2, 0) is 4.79 Å². The largest absolute Gasteiger partial charge is 0.353 e. The molecule has 3 nitrogen and oxygen atoms in total. The summed E-state index contributed by atoms with van der Waals surface area (Å²) < 4.78 is 12.8.